The number of hydrogen-bond donors (Lipinski definition) is 0. The molecule has 0 saturated carbocycles. The van der Waals surface area contributed by atoms with Crippen LogP contribution in [0.4, 0.5) is 5.69 Å². The predicted molar refractivity (Wildman–Crippen MR) is 107 cm³/mol. The van der Waals surface area contributed by atoms with Gasteiger partial charge >= 0.3 is 14.4 Å². The molecule has 3 nitrogen and oxygen atoms in total. The van der Waals surface area contributed by atoms with E-state index in [1.807, 2.05) is 61.5 Å². The Balaban J connectivity index is 2.01. The number of anilines is 1. The topological polar surface area (TPSA) is 29.5 Å². The molecular formula is C22H21NO2Si. The van der Waals surface area contributed by atoms with Gasteiger partial charge in [-0.05, 0) is 18.6 Å². The van der Waals surface area contributed by atoms with E-state index in [4.69, 9.17) is 4.43 Å². The molecule has 1 fully saturated rings. The molecule has 1 saturated heterocycles. The Hall–Kier alpha value is -2.85. The van der Waals surface area contributed by atoms with Crippen LogP contribution in [0.5, 0.6) is 0 Å². The summed E-state index contributed by atoms with van der Waals surface area (Å²) in [7, 11) is -2.92. The number of para-hydroxylation sites is 1. The SMILES string of the molecule is CCC1C(=O)O[Si](c2ccccc2)(c2ccccc2)N1c1ccccc1. The van der Waals surface area contributed by atoms with Gasteiger partial charge in [-0.2, -0.15) is 0 Å². The van der Waals surface area contributed by atoms with Crippen molar-refractivity contribution in [2.75, 3.05) is 4.57 Å². The Labute approximate surface area is 155 Å². The lowest BCUT2D eigenvalue weighted by atomic mass is 10.2. The van der Waals surface area contributed by atoms with Gasteiger partial charge in [0, 0.05) is 16.1 Å². The lowest BCUT2D eigenvalue weighted by Gasteiger charge is -2.37. The summed E-state index contributed by atoms with van der Waals surface area (Å²) in [5, 5.41) is 2.17. The number of nitrogens with zero attached hydrogens (tertiary/aromatic N) is 1. The van der Waals surface area contributed by atoms with Gasteiger partial charge in [0.15, 0.2) is 0 Å². The third kappa shape index (κ3) is 2.54. The van der Waals surface area contributed by atoms with Crippen LogP contribution in [-0.2, 0) is 9.22 Å². The van der Waals surface area contributed by atoms with Crippen molar-refractivity contribution in [3.63, 3.8) is 0 Å². The van der Waals surface area contributed by atoms with E-state index in [9.17, 15) is 4.79 Å². The number of carbonyl (C=O) groups is 1. The zero-order valence-corrected chi connectivity index (χ0v) is 15.7. The Morgan fingerprint density at radius 2 is 1.27 bits per heavy atom. The van der Waals surface area contributed by atoms with Gasteiger partial charge in [-0.25, -0.2) is 0 Å². The Morgan fingerprint density at radius 3 is 1.73 bits per heavy atom. The number of hydrogen-bond acceptors (Lipinski definition) is 3. The minimum Gasteiger partial charge on any atom is -0.490 e. The van der Waals surface area contributed by atoms with Crippen molar-refractivity contribution < 1.29 is 9.22 Å². The van der Waals surface area contributed by atoms with Crippen LogP contribution < -0.4 is 14.9 Å². The van der Waals surface area contributed by atoms with Crippen LogP contribution in [0.3, 0.4) is 0 Å². The summed E-state index contributed by atoms with van der Waals surface area (Å²) in [5.41, 5.74) is 1.03. The number of benzene rings is 3. The largest absolute Gasteiger partial charge is 0.490 e. The van der Waals surface area contributed by atoms with E-state index in [0.29, 0.717) is 6.42 Å². The quantitative estimate of drug-likeness (QED) is 0.671. The smallest absolute Gasteiger partial charge is 0.431 e. The molecule has 0 bridgehead atoms. The summed E-state index contributed by atoms with van der Waals surface area (Å²) < 4.78 is 8.58. The van der Waals surface area contributed by atoms with Crippen LogP contribution in [0.2, 0.25) is 0 Å². The number of carbonyl (C=O) groups excluding carboxylic acids is 1. The lowest BCUT2D eigenvalue weighted by Crippen LogP contribution is -2.70. The standard InChI is InChI=1S/C22H21NO2Si/c1-2-21-22(24)25-26(19-14-8-4-9-15-19,20-16-10-5-11-17-20)23(21)18-12-6-3-7-13-18/h3-17,21H,2H2,1H3. The van der Waals surface area contributed by atoms with Crippen LogP contribution in [0.1, 0.15) is 13.3 Å². The van der Waals surface area contributed by atoms with E-state index < -0.39 is 8.48 Å². The van der Waals surface area contributed by atoms with E-state index >= 15 is 0 Å². The first-order valence-electron chi connectivity index (χ1n) is 8.95. The van der Waals surface area contributed by atoms with Gasteiger partial charge in [-0.1, -0.05) is 85.8 Å². The Kier molecular flexibility index (Phi) is 4.35. The molecule has 3 aromatic carbocycles. The zero-order chi connectivity index (χ0) is 18.0. The fraction of sp³-hybridized carbons (Fsp3) is 0.136. The minimum absolute atomic E-state index is 0.129. The second-order valence-corrected chi connectivity index (χ2v) is 9.56. The highest BCUT2D eigenvalue weighted by Crippen LogP contribution is 2.32. The summed E-state index contributed by atoms with van der Waals surface area (Å²) in [4.78, 5) is 12.9. The molecule has 0 aromatic heterocycles. The highest BCUT2D eigenvalue weighted by atomic mass is 28.4. The molecule has 1 atom stereocenters. The highest BCUT2D eigenvalue weighted by molar-refractivity contribution is 7.02. The molecule has 0 spiro atoms. The Morgan fingerprint density at radius 1 is 0.808 bits per heavy atom. The molecule has 0 aliphatic carbocycles. The van der Waals surface area contributed by atoms with Gasteiger partial charge in [0.25, 0.3) is 0 Å². The predicted octanol–water partition coefficient (Wildman–Crippen LogP) is 3.09. The Bertz CT molecular complexity index is 844. The second kappa shape index (κ2) is 6.81. The molecule has 1 unspecified atom stereocenters. The van der Waals surface area contributed by atoms with Gasteiger partial charge in [-0.3, -0.25) is 4.79 Å². The fourth-order valence-corrected chi connectivity index (χ4v) is 7.96. The third-order valence-electron chi connectivity index (χ3n) is 4.92. The third-order valence-corrected chi connectivity index (χ3v) is 8.90. The van der Waals surface area contributed by atoms with E-state index in [2.05, 4.69) is 41.0 Å². The van der Waals surface area contributed by atoms with Crippen molar-refractivity contribution in [1.82, 2.24) is 0 Å². The number of rotatable bonds is 4. The average Bonchev–Trinajstić information content (AvgIpc) is 3.03. The molecule has 1 aliphatic rings. The van der Waals surface area contributed by atoms with Crippen LogP contribution in [0, 0.1) is 0 Å². The molecule has 4 heteroatoms. The molecule has 0 amide bonds. The highest BCUT2D eigenvalue weighted by Gasteiger charge is 2.59. The fourth-order valence-electron chi connectivity index (χ4n) is 3.78. The lowest BCUT2D eigenvalue weighted by molar-refractivity contribution is -0.134. The molecule has 26 heavy (non-hydrogen) atoms. The first-order valence-corrected chi connectivity index (χ1v) is 10.8. The van der Waals surface area contributed by atoms with Gasteiger partial charge in [0.1, 0.15) is 6.04 Å². The van der Waals surface area contributed by atoms with E-state index in [1.165, 1.54) is 0 Å². The van der Waals surface area contributed by atoms with Crippen molar-refractivity contribution in [2.45, 2.75) is 19.4 Å². The van der Waals surface area contributed by atoms with Gasteiger partial charge in [-0.15, -0.1) is 0 Å². The van der Waals surface area contributed by atoms with Crippen molar-refractivity contribution >= 4 is 30.5 Å². The van der Waals surface area contributed by atoms with Crippen LogP contribution in [-0.4, -0.2) is 20.5 Å². The molecule has 3 aromatic rings. The van der Waals surface area contributed by atoms with Gasteiger partial charge < -0.3 is 8.99 Å². The van der Waals surface area contributed by atoms with Crippen LogP contribution >= 0.6 is 0 Å². The van der Waals surface area contributed by atoms with E-state index in [0.717, 1.165) is 16.1 Å². The van der Waals surface area contributed by atoms with Crippen molar-refractivity contribution in [2.24, 2.45) is 0 Å². The first kappa shape index (κ1) is 16.6. The summed E-state index contributed by atoms with van der Waals surface area (Å²) in [6, 6.07) is 30.3. The molecule has 1 aliphatic heterocycles. The van der Waals surface area contributed by atoms with Crippen molar-refractivity contribution in [3.8, 4) is 0 Å². The maximum atomic E-state index is 12.9. The molecule has 130 valence electrons. The van der Waals surface area contributed by atoms with Gasteiger partial charge in [0.05, 0.1) is 0 Å². The van der Waals surface area contributed by atoms with Gasteiger partial charge in [0.2, 0.25) is 0 Å². The van der Waals surface area contributed by atoms with Crippen molar-refractivity contribution in [3.05, 3.63) is 91.0 Å². The molecular weight excluding hydrogens is 338 g/mol. The average molecular weight is 360 g/mol. The monoisotopic (exact) mass is 359 g/mol. The molecule has 1 heterocycles. The minimum atomic E-state index is -2.92. The summed E-state index contributed by atoms with van der Waals surface area (Å²) in [5.74, 6) is -0.129. The molecule has 4 rings (SSSR count). The maximum absolute atomic E-state index is 12.9. The first-order chi connectivity index (χ1) is 12.8. The van der Waals surface area contributed by atoms with Crippen LogP contribution in [0.15, 0.2) is 91.0 Å². The van der Waals surface area contributed by atoms with E-state index in [1.54, 1.807) is 0 Å². The van der Waals surface area contributed by atoms with Crippen LogP contribution in [0.25, 0.3) is 0 Å². The summed E-state index contributed by atoms with van der Waals surface area (Å²) in [6.45, 7) is 2.04. The normalized spacial score (nSPS) is 18.6. The maximum Gasteiger partial charge on any atom is 0.431 e. The summed E-state index contributed by atoms with van der Waals surface area (Å²) >= 11 is 0. The van der Waals surface area contributed by atoms with Crippen molar-refractivity contribution in [1.29, 1.82) is 0 Å². The molecule has 0 radical (unpaired) electrons. The second-order valence-electron chi connectivity index (χ2n) is 6.43. The molecule has 0 N–H and O–H groups in total. The summed E-state index contributed by atoms with van der Waals surface area (Å²) in [6.07, 6.45) is 0.710. The zero-order valence-electron chi connectivity index (χ0n) is 14.7. The van der Waals surface area contributed by atoms with E-state index in [-0.39, 0.29) is 12.0 Å².